The van der Waals surface area contributed by atoms with Crippen LogP contribution in [0.15, 0.2) is 34.5 Å². The zero-order valence-electron chi connectivity index (χ0n) is 14.3. The van der Waals surface area contributed by atoms with E-state index in [9.17, 15) is 17.3 Å². The van der Waals surface area contributed by atoms with Crippen molar-refractivity contribution in [3.8, 4) is 0 Å². The van der Waals surface area contributed by atoms with Gasteiger partial charge in [0.1, 0.15) is 11.0 Å². The molecule has 2 aromatic heterocycles. The molecule has 0 N–H and O–H groups in total. The van der Waals surface area contributed by atoms with Crippen LogP contribution in [-0.2, 0) is 0 Å². The van der Waals surface area contributed by atoms with E-state index >= 15 is 0 Å². The number of aromatic nitrogens is 2. The van der Waals surface area contributed by atoms with Gasteiger partial charge in [0.2, 0.25) is 0 Å². The lowest BCUT2D eigenvalue weighted by atomic mass is 10.1. The van der Waals surface area contributed by atoms with E-state index in [1.54, 1.807) is 6.07 Å². The molecule has 0 saturated carbocycles. The Balaban J connectivity index is 1.78. The molecule has 12 heteroatoms. The molecule has 2 aromatic rings. The summed E-state index contributed by atoms with van der Waals surface area (Å²) in [6.45, 7) is 1.47. The summed E-state index contributed by atoms with van der Waals surface area (Å²) in [5.41, 5.74) is 0.246. The number of hydrogen-bond acceptors (Lipinski definition) is 3. The first kappa shape index (κ1) is 19.6. The molecule has 0 radical (unpaired) electrons. The number of hydrogen-bond donors (Lipinski definition) is 0. The summed E-state index contributed by atoms with van der Waals surface area (Å²) in [6.07, 6.45) is 5.30. The third-order valence-corrected chi connectivity index (χ3v) is 4.65. The average molecular weight is 399 g/mol. The van der Waals surface area contributed by atoms with Crippen LogP contribution in [0.1, 0.15) is 30.7 Å². The quantitative estimate of drug-likeness (QED) is 0.314. The molecule has 0 aliphatic carbocycles. The lowest BCUT2D eigenvalue weighted by molar-refractivity contribution is 0.564. The summed E-state index contributed by atoms with van der Waals surface area (Å²) in [7, 11) is -5.54. The maximum absolute atomic E-state index is 13.5. The summed E-state index contributed by atoms with van der Waals surface area (Å²) in [6, 6.07) is 5.84. The van der Waals surface area contributed by atoms with E-state index in [1.807, 2.05) is 4.90 Å². The SMILES string of the molecule is FB(F)n1c(Cl)ccc1/C=N/N=C/c1ccc(N2CCCCC2)n1B(F)F. The molecule has 1 aliphatic heterocycles. The van der Waals surface area contributed by atoms with Crippen molar-refractivity contribution < 1.29 is 17.3 Å². The van der Waals surface area contributed by atoms with Crippen molar-refractivity contribution in [3.63, 3.8) is 0 Å². The maximum Gasteiger partial charge on any atom is 0.679 e. The maximum atomic E-state index is 13.5. The molecular weight excluding hydrogens is 383 g/mol. The highest BCUT2D eigenvalue weighted by atomic mass is 35.5. The van der Waals surface area contributed by atoms with Crippen LogP contribution in [0.25, 0.3) is 0 Å². The van der Waals surface area contributed by atoms with Crippen LogP contribution in [0.3, 0.4) is 0 Å². The molecule has 1 fully saturated rings. The molecule has 0 aromatic carbocycles. The molecule has 27 heavy (non-hydrogen) atoms. The van der Waals surface area contributed by atoms with Crippen LogP contribution in [-0.4, -0.2) is 49.3 Å². The topological polar surface area (TPSA) is 37.8 Å². The second-order valence-electron chi connectivity index (χ2n) is 6.03. The molecule has 1 saturated heterocycles. The van der Waals surface area contributed by atoms with Gasteiger partial charge in [-0.1, -0.05) is 11.6 Å². The zero-order valence-corrected chi connectivity index (χ0v) is 15.0. The van der Waals surface area contributed by atoms with Crippen LogP contribution in [0.2, 0.25) is 5.15 Å². The molecule has 5 nitrogen and oxygen atoms in total. The monoisotopic (exact) mass is 399 g/mol. The van der Waals surface area contributed by atoms with Crippen molar-refractivity contribution in [2.24, 2.45) is 10.2 Å². The molecule has 142 valence electrons. The molecule has 0 unspecified atom stereocenters. The van der Waals surface area contributed by atoms with Crippen LogP contribution in [0, 0.1) is 0 Å². The van der Waals surface area contributed by atoms with Gasteiger partial charge in [0.25, 0.3) is 0 Å². The van der Waals surface area contributed by atoms with Gasteiger partial charge in [-0.05, 0) is 43.5 Å². The molecule has 3 heterocycles. The molecule has 1 aliphatic rings. The minimum atomic E-state index is -2.82. The molecule has 0 atom stereocenters. The van der Waals surface area contributed by atoms with Gasteiger partial charge >= 0.3 is 14.8 Å². The van der Waals surface area contributed by atoms with Crippen molar-refractivity contribution in [2.45, 2.75) is 19.3 Å². The van der Waals surface area contributed by atoms with Gasteiger partial charge in [0.05, 0.1) is 23.8 Å². The van der Waals surface area contributed by atoms with Gasteiger partial charge in [0.15, 0.2) is 0 Å². The van der Waals surface area contributed by atoms with E-state index in [4.69, 9.17) is 11.6 Å². The van der Waals surface area contributed by atoms with Crippen LogP contribution in [0.5, 0.6) is 0 Å². The van der Waals surface area contributed by atoms with Gasteiger partial charge in [-0.3, -0.25) is 17.3 Å². The minimum absolute atomic E-state index is 0.0606. The Labute approximate surface area is 159 Å². The number of nitrogens with zero attached hydrogens (tertiary/aromatic N) is 5. The largest absolute Gasteiger partial charge is 0.679 e. The van der Waals surface area contributed by atoms with Crippen molar-refractivity contribution in [1.29, 1.82) is 0 Å². The van der Waals surface area contributed by atoms with Gasteiger partial charge in [-0.15, -0.1) is 0 Å². The molecular formula is C15H16B2ClF4N5. The predicted octanol–water partition coefficient (Wildman–Crippen LogP) is 3.93. The smallest absolute Gasteiger partial charge is 0.359 e. The standard InChI is InChI=1S/C15H16B2ClF4N5/c18-14-6-4-12(26(14)16(19)20)10-23-24-11-13-5-7-15(27(13)17(21)22)25-8-2-1-3-9-25/h4-7,10-11H,1-3,8-9H2/b23-10+,24-11+. The summed E-state index contributed by atoms with van der Waals surface area (Å²) in [4.78, 5) is 1.92. The van der Waals surface area contributed by atoms with E-state index in [0.29, 0.717) is 10.3 Å². The summed E-state index contributed by atoms with van der Waals surface area (Å²) in [5.74, 6) is 0.438. The van der Waals surface area contributed by atoms with Gasteiger partial charge in [-0.25, -0.2) is 0 Å². The first-order valence-electron chi connectivity index (χ1n) is 8.44. The first-order valence-corrected chi connectivity index (χ1v) is 8.82. The Hall–Kier alpha value is -2.16. The Morgan fingerprint density at radius 2 is 1.37 bits per heavy atom. The van der Waals surface area contributed by atoms with E-state index < -0.39 is 14.8 Å². The number of piperidine rings is 1. The van der Waals surface area contributed by atoms with Crippen molar-refractivity contribution in [3.05, 3.63) is 40.8 Å². The van der Waals surface area contributed by atoms with Crippen LogP contribution < -0.4 is 4.90 Å². The summed E-state index contributed by atoms with van der Waals surface area (Å²) in [5, 5.41) is 7.26. The molecule has 3 rings (SSSR count). The third-order valence-electron chi connectivity index (χ3n) is 4.35. The minimum Gasteiger partial charge on any atom is -0.359 e. The lowest BCUT2D eigenvalue weighted by Gasteiger charge is -2.29. The third kappa shape index (κ3) is 4.40. The highest BCUT2D eigenvalue weighted by Crippen LogP contribution is 2.24. The predicted molar refractivity (Wildman–Crippen MR) is 102 cm³/mol. The van der Waals surface area contributed by atoms with E-state index in [2.05, 4.69) is 10.2 Å². The first-order chi connectivity index (χ1) is 13.0. The van der Waals surface area contributed by atoms with Crippen molar-refractivity contribution >= 4 is 44.7 Å². The van der Waals surface area contributed by atoms with Crippen LogP contribution >= 0.6 is 11.6 Å². The normalized spacial score (nSPS) is 15.2. The highest BCUT2D eigenvalue weighted by Gasteiger charge is 2.26. The van der Waals surface area contributed by atoms with Crippen molar-refractivity contribution in [2.75, 3.05) is 18.0 Å². The lowest BCUT2D eigenvalue weighted by Crippen LogP contribution is -2.33. The van der Waals surface area contributed by atoms with Gasteiger partial charge in [-0.2, -0.15) is 10.2 Å². The van der Waals surface area contributed by atoms with Crippen molar-refractivity contribution in [1.82, 2.24) is 8.96 Å². The number of rotatable bonds is 6. The van der Waals surface area contributed by atoms with E-state index in [-0.39, 0.29) is 16.5 Å². The summed E-state index contributed by atoms with van der Waals surface area (Å²) >= 11 is 5.67. The fourth-order valence-corrected chi connectivity index (χ4v) is 3.32. The molecule has 0 spiro atoms. The Morgan fingerprint density at radius 1 is 0.815 bits per heavy atom. The van der Waals surface area contributed by atoms with E-state index in [1.165, 1.54) is 24.4 Å². The second kappa shape index (κ2) is 8.69. The Bertz CT molecular complexity index is 830. The second-order valence-corrected chi connectivity index (χ2v) is 6.42. The highest BCUT2D eigenvalue weighted by molar-refractivity contribution is 6.45. The fourth-order valence-electron chi connectivity index (χ4n) is 3.09. The number of halogens is 5. The number of anilines is 1. The van der Waals surface area contributed by atoms with Gasteiger partial charge in [0, 0.05) is 13.1 Å². The molecule has 0 amide bonds. The van der Waals surface area contributed by atoms with Crippen LogP contribution in [0.4, 0.5) is 23.1 Å². The van der Waals surface area contributed by atoms with E-state index in [0.717, 1.165) is 43.0 Å². The summed E-state index contributed by atoms with van der Waals surface area (Å²) < 4.78 is 54.3. The Morgan fingerprint density at radius 3 is 1.96 bits per heavy atom. The zero-order chi connectivity index (χ0) is 19.4. The Kier molecular flexibility index (Phi) is 6.30. The van der Waals surface area contributed by atoms with Gasteiger partial charge < -0.3 is 13.9 Å². The average Bonchev–Trinajstić information content (AvgIpc) is 3.23. The fraction of sp³-hybridized carbons (Fsp3) is 0.333. The molecule has 0 bridgehead atoms.